The molecular formula is C47H78NO7+. The zero-order valence-corrected chi connectivity index (χ0v) is 35.3. The smallest absolute Gasteiger partial charge is 0.362 e. The normalized spacial score (nSPS) is 13.8. The van der Waals surface area contributed by atoms with Crippen molar-refractivity contribution in [2.75, 3.05) is 41.0 Å². The van der Waals surface area contributed by atoms with E-state index in [-0.39, 0.29) is 42.7 Å². The molecule has 8 nitrogen and oxygen atoms in total. The Labute approximate surface area is 335 Å². The summed E-state index contributed by atoms with van der Waals surface area (Å²) in [6, 6.07) is -0.627. The van der Waals surface area contributed by atoms with Gasteiger partial charge in [0.25, 0.3) is 0 Å². The molecule has 0 aliphatic carbocycles. The van der Waals surface area contributed by atoms with Crippen molar-refractivity contribution < 1.29 is 38.2 Å². The SMILES string of the molecule is CC/C=C/C/C=C/C/C=C/C/C=C/C/C=C/C/C=C/C/C=C/CCCC(=O)OC(COCCC(C(=O)O)[N+](C)(C)C)COC(=O)CCCCCCCCCC. The minimum Gasteiger partial charge on any atom is -0.477 e. The van der Waals surface area contributed by atoms with Gasteiger partial charge < -0.3 is 23.8 Å². The molecule has 312 valence electrons. The van der Waals surface area contributed by atoms with E-state index in [1.807, 2.05) is 21.1 Å². The van der Waals surface area contributed by atoms with Gasteiger partial charge >= 0.3 is 17.9 Å². The van der Waals surface area contributed by atoms with Crippen molar-refractivity contribution in [1.29, 1.82) is 0 Å². The molecule has 0 radical (unpaired) electrons. The lowest BCUT2D eigenvalue weighted by Gasteiger charge is -2.31. The van der Waals surface area contributed by atoms with Crippen molar-refractivity contribution in [3.05, 3.63) is 85.1 Å². The molecule has 0 heterocycles. The summed E-state index contributed by atoms with van der Waals surface area (Å²) in [5.74, 6) is -1.56. The van der Waals surface area contributed by atoms with Crippen molar-refractivity contribution in [3.8, 4) is 0 Å². The van der Waals surface area contributed by atoms with Crippen LogP contribution in [0.15, 0.2) is 85.1 Å². The number of carbonyl (C=O) groups is 3. The minimum absolute atomic E-state index is 0.0339. The molecule has 0 aromatic carbocycles. The van der Waals surface area contributed by atoms with Crippen LogP contribution in [0.25, 0.3) is 0 Å². The molecule has 0 fully saturated rings. The van der Waals surface area contributed by atoms with Crippen LogP contribution in [0.5, 0.6) is 0 Å². The number of carbonyl (C=O) groups excluding carboxylic acids is 2. The van der Waals surface area contributed by atoms with Crippen molar-refractivity contribution in [2.45, 2.75) is 154 Å². The average molecular weight is 769 g/mol. The largest absolute Gasteiger partial charge is 0.477 e. The quantitative estimate of drug-likeness (QED) is 0.0293. The Morgan fingerprint density at radius 1 is 0.564 bits per heavy atom. The zero-order valence-electron chi connectivity index (χ0n) is 35.3. The highest BCUT2D eigenvalue weighted by atomic mass is 16.6. The Balaban J connectivity index is 4.42. The predicted molar refractivity (Wildman–Crippen MR) is 229 cm³/mol. The summed E-state index contributed by atoms with van der Waals surface area (Å²) in [4.78, 5) is 36.8. The van der Waals surface area contributed by atoms with E-state index in [9.17, 15) is 19.5 Å². The van der Waals surface area contributed by atoms with Crippen LogP contribution in [0.3, 0.4) is 0 Å². The molecule has 0 aliphatic rings. The maximum atomic E-state index is 12.7. The molecule has 0 rings (SSSR count). The van der Waals surface area contributed by atoms with Gasteiger partial charge in [-0.25, -0.2) is 4.79 Å². The van der Waals surface area contributed by atoms with Gasteiger partial charge in [0, 0.05) is 19.3 Å². The Morgan fingerprint density at radius 2 is 1.02 bits per heavy atom. The molecular weight excluding hydrogens is 691 g/mol. The maximum absolute atomic E-state index is 12.7. The van der Waals surface area contributed by atoms with E-state index in [1.54, 1.807) is 0 Å². The van der Waals surface area contributed by atoms with Crippen LogP contribution in [0.1, 0.15) is 142 Å². The lowest BCUT2D eigenvalue weighted by molar-refractivity contribution is -0.887. The number of carboxylic acid groups (broad SMARTS) is 1. The van der Waals surface area contributed by atoms with Crippen molar-refractivity contribution >= 4 is 17.9 Å². The highest BCUT2D eigenvalue weighted by molar-refractivity contribution is 5.72. The van der Waals surface area contributed by atoms with Crippen LogP contribution in [0, 0.1) is 0 Å². The van der Waals surface area contributed by atoms with Crippen LogP contribution in [-0.2, 0) is 28.6 Å². The Hall–Kier alpha value is -3.49. The highest BCUT2D eigenvalue weighted by Crippen LogP contribution is 2.12. The predicted octanol–water partition coefficient (Wildman–Crippen LogP) is 11.4. The number of aliphatic carboxylic acids is 1. The molecule has 1 N–H and O–H groups in total. The fraction of sp³-hybridized carbons (Fsp3) is 0.638. The molecule has 0 saturated heterocycles. The second-order valence-corrected chi connectivity index (χ2v) is 14.9. The van der Waals surface area contributed by atoms with Gasteiger partial charge in [-0.2, -0.15) is 0 Å². The lowest BCUT2D eigenvalue weighted by Crippen LogP contribution is -2.50. The van der Waals surface area contributed by atoms with Gasteiger partial charge in [0.05, 0.1) is 34.4 Å². The molecule has 0 saturated carbocycles. The van der Waals surface area contributed by atoms with E-state index in [4.69, 9.17) is 14.2 Å². The number of allylic oxidation sites excluding steroid dienone is 14. The number of quaternary nitrogens is 1. The second-order valence-electron chi connectivity index (χ2n) is 14.9. The monoisotopic (exact) mass is 769 g/mol. The van der Waals surface area contributed by atoms with E-state index in [2.05, 4.69) is 98.9 Å². The maximum Gasteiger partial charge on any atom is 0.362 e. The van der Waals surface area contributed by atoms with Crippen LogP contribution in [0.2, 0.25) is 0 Å². The molecule has 0 aliphatic heterocycles. The molecule has 0 bridgehead atoms. The first-order valence-electron chi connectivity index (χ1n) is 21.1. The van der Waals surface area contributed by atoms with Gasteiger partial charge in [0.2, 0.25) is 0 Å². The molecule has 2 atom stereocenters. The molecule has 8 heteroatoms. The number of likely N-dealkylation sites (N-methyl/N-ethyl adjacent to an activating group) is 1. The fourth-order valence-electron chi connectivity index (χ4n) is 5.55. The van der Waals surface area contributed by atoms with Gasteiger partial charge in [-0.3, -0.25) is 9.59 Å². The van der Waals surface area contributed by atoms with E-state index in [1.165, 1.54) is 32.1 Å². The zero-order chi connectivity index (χ0) is 40.7. The van der Waals surface area contributed by atoms with Crippen molar-refractivity contribution in [2.24, 2.45) is 0 Å². The number of carboxylic acids is 1. The van der Waals surface area contributed by atoms with Crippen LogP contribution in [0.4, 0.5) is 0 Å². The van der Waals surface area contributed by atoms with Gasteiger partial charge in [-0.1, -0.05) is 144 Å². The minimum atomic E-state index is -0.889. The standard InChI is InChI=1S/C47H77NO7/c1-6-8-10-12-14-16-17-18-19-20-21-22-23-24-25-26-27-28-29-30-32-34-36-38-46(50)55-43(41-53-40-39-44(47(51)52)48(3,4)5)42-54-45(49)37-35-33-31-15-13-11-9-7-2/h8,10,14,16,18-19,21-22,24-25,27-28,30,32,43-44H,6-7,9,11-13,15,17,20,23,26,29,31,33-42H2,1-5H3/p+1/b10-8+,16-14+,19-18+,22-21+,25-24+,28-27+,32-30+. The first kappa shape index (κ1) is 51.5. The van der Waals surface area contributed by atoms with E-state index < -0.39 is 18.1 Å². The number of unbranched alkanes of at least 4 members (excludes halogenated alkanes) is 8. The van der Waals surface area contributed by atoms with Gasteiger partial charge in [-0.15, -0.1) is 0 Å². The average Bonchev–Trinajstić information content (AvgIpc) is 3.14. The number of ether oxygens (including phenoxy) is 3. The van der Waals surface area contributed by atoms with E-state index in [0.717, 1.165) is 70.6 Å². The molecule has 2 unspecified atom stereocenters. The second kappa shape index (κ2) is 37.4. The van der Waals surface area contributed by atoms with Gasteiger partial charge in [0.15, 0.2) is 12.1 Å². The van der Waals surface area contributed by atoms with Crippen LogP contribution >= 0.6 is 0 Å². The summed E-state index contributed by atoms with van der Waals surface area (Å²) in [5, 5.41) is 9.59. The summed E-state index contributed by atoms with van der Waals surface area (Å²) < 4.78 is 17.1. The topological polar surface area (TPSA) is 99.1 Å². The van der Waals surface area contributed by atoms with E-state index in [0.29, 0.717) is 19.3 Å². The molecule has 0 amide bonds. The highest BCUT2D eigenvalue weighted by Gasteiger charge is 2.31. The Kier molecular flexibility index (Phi) is 35.1. The van der Waals surface area contributed by atoms with Gasteiger partial charge in [0.1, 0.15) is 6.61 Å². The third kappa shape index (κ3) is 35.9. The number of hydrogen-bond donors (Lipinski definition) is 1. The molecule has 55 heavy (non-hydrogen) atoms. The van der Waals surface area contributed by atoms with Crippen LogP contribution < -0.4 is 0 Å². The van der Waals surface area contributed by atoms with E-state index >= 15 is 0 Å². The molecule has 0 spiro atoms. The Morgan fingerprint density at radius 3 is 1.49 bits per heavy atom. The van der Waals surface area contributed by atoms with Crippen molar-refractivity contribution in [3.63, 3.8) is 0 Å². The summed E-state index contributed by atoms with van der Waals surface area (Å²) in [6.45, 7) is 4.50. The number of hydrogen-bond acceptors (Lipinski definition) is 6. The molecule has 0 aromatic heterocycles. The third-order valence-electron chi connectivity index (χ3n) is 8.81. The summed E-state index contributed by atoms with van der Waals surface area (Å²) >= 11 is 0. The summed E-state index contributed by atoms with van der Waals surface area (Å²) in [6.07, 6.45) is 47.9. The number of esters is 2. The lowest BCUT2D eigenvalue weighted by atomic mass is 10.1. The van der Waals surface area contributed by atoms with Gasteiger partial charge in [-0.05, 0) is 64.2 Å². The first-order valence-corrected chi connectivity index (χ1v) is 21.1. The van der Waals surface area contributed by atoms with Crippen molar-refractivity contribution in [1.82, 2.24) is 0 Å². The third-order valence-corrected chi connectivity index (χ3v) is 8.81. The summed E-state index contributed by atoms with van der Waals surface area (Å²) in [5.41, 5.74) is 0. The summed E-state index contributed by atoms with van der Waals surface area (Å²) in [7, 11) is 5.49. The number of rotatable bonds is 36. The first-order chi connectivity index (χ1) is 26.6. The van der Waals surface area contributed by atoms with Crippen LogP contribution in [-0.4, -0.2) is 80.6 Å². The number of nitrogens with zero attached hydrogens (tertiary/aromatic N) is 1. The molecule has 0 aromatic rings. The Bertz CT molecular complexity index is 1170. The fourth-order valence-corrected chi connectivity index (χ4v) is 5.55.